The third-order valence-electron chi connectivity index (χ3n) is 3.78. The zero-order valence-corrected chi connectivity index (χ0v) is 11.4. The molecule has 0 radical (unpaired) electrons. The summed E-state index contributed by atoms with van der Waals surface area (Å²) >= 11 is 0. The Morgan fingerprint density at radius 3 is 2.65 bits per heavy atom. The standard InChI is InChI=1S/C14H15N3O3/c1-3-20-10-6-4-9(5-7-10)17-12(18)11-8-15-16-14(11,2)13(17)19/h4-7,11H,3,8H2,1-2H3/t11-,14+/m1/s1. The summed E-state index contributed by atoms with van der Waals surface area (Å²) in [6.07, 6.45) is 0. The van der Waals surface area contributed by atoms with Gasteiger partial charge in [0.15, 0.2) is 5.54 Å². The maximum atomic E-state index is 12.5. The Morgan fingerprint density at radius 2 is 2.05 bits per heavy atom. The highest BCUT2D eigenvalue weighted by Gasteiger charge is 2.59. The Morgan fingerprint density at radius 1 is 1.35 bits per heavy atom. The lowest BCUT2D eigenvalue weighted by Gasteiger charge is -2.17. The molecule has 2 atom stereocenters. The molecule has 1 aromatic carbocycles. The van der Waals surface area contributed by atoms with Gasteiger partial charge in [-0.05, 0) is 38.1 Å². The second-order valence-corrected chi connectivity index (χ2v) is 5.03. The molecular formula is C14H15N3O3. The van der Waals surface area contributed by atoms with Crippen molar-refractivity contribution in [2.24, 2.45) is 16.1 Å². The first-order valence-electron chi connectivity index (χ1n) is 6.58. The van der Waals surface area contributed by atoms with Crippen LogP contribution in [0.4, 0.5) is 5.69 Å². The van der Waals surface area contributed by atoms with Gasteiger partial charge in [0, 0.05) is 0 Å². The van der Waals surface area contributed by atoms with Gasteiger partial charge in [-0.25, -0.2) is 4.90 Å². The number of azo groups is 1. The molecule has 0 aromatic heterocycles. The second kappa shape index (κ2) is 4.40. The largest absolute Gasteiger partial charge is 0.494 e. The van der Waals surface area contributed by atoms with Crippen LogP contribution in [0.2, 0.25) is 0 Å². The first kappa shape index (κ1) is 12.8. The van der Waals surface area contributed by atoms with Crippen LogP contribution in [0.5, 0.6) is 5.75 Å². The number of carbonyl (C=O) groups excluding carboxylic acids is 2. The van der Waals surface area contributed by atoms with Crippen LogP contribution in [0.1, 0.15) is 13.8 Å². The Kier molecular flexibility index (Phi) is 2.81. The molecule has 2 amide bonds. The molecule has 6 heteroatoms. The summed E-state index contributed by atoms with van der Waals surface area (Å²) < 4.78 is 5.35. The normalized spacial score (nSPS) is 28.1. The zero-order chi connectivity index (χ0) is 14.3. The monoisotopic (exact) mass is 273 g/mol. The topological polar surface area (TPSA) is 71.3 Å². The first-order valence-corrected chi connectivity index (χ1v) is 6.58. The number of benzene rings is 1. The molecule has 3 rings (SSSR count). The van der Waals surface area contributed by atoms with Crippen molar-refractivity contribution in [2.45, 2.75) is 19.4 Å². The lowest BCUT2D eigenvalue weighted by Crippen LogP contribution is -2.37. The number of hydrogen-bond acceptors (Lipinski definition) is 5. The molecule has 2 heterocycles. The van der Waals surface area contributed by atoms with Crippen molar-refractivity contribution in [3.63, 3.8) is 0 Å². The van der Waals surface area contributed by atoms with Crippen molar-refractivity contribution >= 4 is 17.5 Å². The summed E-state index contributed by atoms with van der Waals surface area (Å²) in [5.74, 6) is -0.299. The van der Waals surface area contributed by atoms with E-state index in [2.05, 4.69) is 10.2 Å². The highest BCUT2D eigenvalue weighted by molar-refractivity contribution is 6.25. The van der Waals surface area contributed by atoms with Gasteiger partial charge in [0.25, 0.3) is 5.91 Å². The van der Waals surface area contributed by atoms with Crippen molar-refractivity contribution in [3.05, 3.63) is 24.3 Å². The average molecular weight is 273 g/mol. The average Bonchev–Trinajstić information content (AvgIpc) is 2.91. The van der Waals surface area contributed by atoms with Gasteiger partial charge in [0.05, 0.1) is 24.8 Å². The van der Waals surface area contributed by atoms with Crippen LogP contribution >= 0.6 is 0 Å². The number of anilines is 1. The van der Waals surface area contributed by atoms with Gasteiger partial charge in [-0.3, -0.25) is 9.59 Å². The van der Waals surface area contributed by atoms with Gasteiger partial charge in [-0.15, -0.1) is 0 Å². The van der Waals surface area contributed by atoms with Crippen molar-refractivity contribution in [3.8, 4) is 5.75 Å². The molecule has 1 fully saturated rings. The fourth-order valence-electron chi connectivity index (χ4n) is 2.61. The fourth-order valence-corrected chi connectivity index (χ4v) is 2.61. The molecule has 6 nitrogen and oxygen atoms in total. The molecule has 1 saturated heterocycles. The molecule has 0 unspecified atom stereocenters. The van der Waals surface area contributed by atoms with Crippen molar-refractivity contribution in [1.29, 1.82) is 0 Å². The van der Waals surface area contributed by atoms with Crippen LogP contribution in [-0.2, 0) is 9.59 Å². The molecule has 1 aromatic rings. The highest BCUT2D eigenvalue weighted by Crippen LogP contribution is 2.40. The summed E-state index contributed by atoms with van der Waals surface area (Å²) in [7, 11) is 0. The lowest BCUT2D eigenvalue weighted by molar-refractivity contribution is -0.122. The third kappa shape index (κ3) is 1.64. The zero-order valence-electron chi connectivity index (χ0n) is 11.4. The molecule has 104 valence electrons. The number of rotatable bonds is 3. The number of hydrogen-bond donors (Lipinski definition) is 0. The van der Waals surface area contributed by atoms with Crippen molar-refractivity contribution < 1.29 is 14.3 Å². The molecule has 0 aliphatic carbocycles. The number of nitrogens with zero attached hydrogens (tertiary/aromatic N) is 3. The number of imide groups is 1. The smallest absolute Gasteiger partial charge is 0.264 e. The minimum absolute atomic E-state index is 0.230. The summed E-state index contributed by atoms with van der Waals surface area (Å²) in [5, 5.41) is 7.82. The summed E-state index contributed by atoms with van der Waals surface area (Å²) in [6.45, 7) is 4.42. The van der Waals surface area contributed by atoms with E-state index in [1.54, 1.807) is 31.2 Å². The van der Waals surface area contributed by atoms with Gasteiger partial charge in [-0.2, -0.15) is 10.2 Å². The Bertz CT molecular complexity index is 596. The van der Waals surface area contributed by atoms with Gasteiger partial charge in [0.2, 0.25) is 5.91 Å². The van der Waals surface area contributed by atoms with Crippen LogP contribution in [-0.4, -0.2) is 30.5 Å². The SMILES string of the molecule is CCOc1ccc(N2C(=O)[C@H]3CN=N[C@]3(C)C2=O)cc1. The van der Waals surface area contributed by atoms with E-state index >= 15 is 0 Å². The van der Waals surface area contributed by atoms with Crippen LogP contribution < -0.4 is 9.64 Å². The van der Waals surface area contributed by atoms with Crippen LogP contribution in [0.15, 0.2) is 34.5 Å². The number of carbonyl (C=O) groups is 2. The van der Waals surface area contributed by atoms with E-state index in [1.165, 1.54) is 4.90 Å². The second-order valence-electron chi connectivity index (χ2n) is 5.03. The summed E-state index contributed by atoms with van der Waals surface area (Å²) in [6, 6.07) is 6.92. The Labute approximate surface area is 116 Å². The van der Waals surface area contributed by atoms with Gasteiger partial charge in [-0.1, -0.05) is 0 Å². The van der Waals surface area contributed by atoms with Crippen LogP contribution in [0, 0.1) is 5.92 Å². The minimum atomic E-state index is -1.03. The molecular weight excluding hydrogens is 258 g/mol. The lowest BCUT2D eigenvalue weighted by atomic mass is 9.90. The number of ether oxygens (including phenoxy) is 1. The van der Waals surface area contributed by atoms with E-state index in [-0.39, 0.29) is 18.4 Å². The van der Waals surface area contributed by atoms with Gasteiger partial charge < -0.3 is 4.74 Å². The van der Waals surface area contributed by atoms with E-state index in [0.29, 0.717) is 18.0 Å². The summed E-state index contributed by atoms with van der Waals surface area (Å²) in [4.78, 5) is 26.0. The number of amides is 2. The van der Waals surface area contributed by atoms with Crippen LogP contribution in [0.3, 0.4) is 0 Å². The van der Waals surface area contributed by atoms with Crippen LogP contribution in [0.25, 0.3) is 0 Å². The Hall–Kier alpha value is -2.24. The van der Waals surface area contributed by atoms with E-state index in [1.807, 2.05) is 6.92 Å². The fraction of sp³-hybridized carbons (Fsp3) is 0.429. The highest BCUT2D eigenvalue weighted by atomic mass is 16.5. The maximum absolute atomic E-state index is 12.5. The predicted octanol–water partition coefficient (Wildman–Crippen LogP) is 1.80. The molecule has 2 aliphatic heterocycles. The number of fused-ring (bicyclic) bond motifs is 1. The quantitative estimate of drug-likeness (QED) is 0.788. The summed E-state index contributed by atoms with van der Waals surface area (Å²) in [5.41, 5.74) is -0.482. The van der Waals surface area contributed by atoms with Gasteiger partial charge >= 0.3 is 0 Å². The third-order valence-corrected chi connectivity index (χ3v) is 3.78. The van der Waals surface area contributed by atoms with Crippen molar-refractivity contribution in [2.75, 3.05) is 18.1 Å². The molecule has 0 spiro atoms. The predicted molar refractivity (Wildman–Crippen MR) is 71.7 cm³/mol. The molecule has 0 saturated carbocycles. The minimum Gasteiger partial charge on any atom is -0.494 e. The van der Waals surface area contributed by atoms with Gasteiger partial charge in [0.1, 0.15) is 5.75 Å². The molecule has 2 aliphatic rings. The van der Waals surface area contributed by atoms with E-state index in [0.717, 1.165) is 0 Å². The molecule has 20 heavy (non-hydrogen) atoms. The molecule has 0 N–H and O–H groups in total. The van der Waals surface area contributed by atoms with E-state index < -0.39 is 11.5 Å². The molecule has 0 bridgehead atoms. The van der Waals surface area contributed by atoms with E-state index in [4.69, 9.17) is 4.74 Å². The first-order chi connectivity index (χ1) is 9.58. The maximum Gasteiger partial charge on any atom is 0.264 e. The van der Waals surface area contributed by atoms with E-state index in [9.17, 15) is 9.59 Å². The van der Waals surface area contributed by atoms with Crippen molar-refractivity contribution in [1.82, 2.24) is 0 Å². The Balaban J connectivity index is 1.93.